The average Bonchev–Trinajstić information content (AvgIpc) is 2.97. The highest BCUT2D eigenvalue weighted by molar-refractivity contribution is 5.93. The van der Waals surface area contributed by atoms with Crippen LogP contribution in [0.1, 0.15) is 62.2 Å². The van der Waals surface area contributed by atoms with Crippen LogP contribution in [0.2, 0.25) is 0 Å². The lowest BCUT2D eigenvalue weighted by molar-refractivity contribution is 0.0940. The summed E-state index contributed by atoms with van der Waals surface area (Å²) in [6, 6.07) is 0. The third-order valence-corrected chi connectivity index (χ3v) is 4.22. The first-order chi connectivity index (χ1) is 10.1. The van der Waals surface area contributed by atoms with Crippen molar-refractivity contribution in [3.8, 4) is 0 Å². The molecule has 1 aromatic heterocycles. The molecule has 0 bridgehead atoms. The number of carbonyl (C=O) groups is 1. The molecule has 21 heavy (non-hydrogen) atoms. The Labute approximate surface area is 127 Å². The zero-order valence-electron chi connectivity index (χ0n) is 13.4. The highest BCUT2D eigenvalue weighted by Gasteiger charge is 2.21. The zero-order chi connectivity index (χ0) is 15.2. The Balaban J connectivity index is 1.78. The van der Waals surface area contributed by atoms with Gasteiger partial charge in [-0.3, -0.25) is 4.79 Å². The molecule has 118 valence electrons. The summed E-state index contributed by atoms with van der Waals surface area (Å²) in [5.74, 6) is 1.42. The summed E-state index contributed by atoms with van der Waals surface area (Å²) in [6.07, 6.45) is 4.93. The normalized spacial score (nSPS) is 19.9. The molecular weight excluding hydrogens is 266 g/mol. The summed E-state index contributed by atoms with van der Waals surface area (Å²) >= 11 is 0. The highest BCUT2D eigenvalue weighted by Crippen LogP contribution is 2.20. The lowest BCUT2D eigenvalue weighted by Gasteiger charge is -2.31. The molecule has 0 saturated carbocycles. The number of oxazole rings is 1. The molecule has 1 N–H and O–H groups in total. The minimum atomic E-state index is -0.115. The molecule has 1 fully saturated rings. The van der Waals surface area contributed by atoms with E-state index in [0.717, 1.165) is 19.5 Å². The second kappa shape index (κ2) is 7.59. The molecule has 0 aromatic carbocycles. The topological polar surface area (TPSA) is 58.4 Å². The molecule has 1 saturated heterocycles. The number of hydrogen-bond donors (Lipinski definition) is 1. The van der Waals surface area contributed by atoms with E-state index in [1.54, 1.807) is 0 Å². The van der Waals surface area contributed by atoms with Gasteiger partial charge in [-0.25, -0.2) is 4.98 Å². The second-order valence-corrected chi connectivity index (χ2v) is 6.17. The number of amides is 1. The van der Waals surface area contributed by atoms with Crippen LogP contribution < -0.4 is 5.32 Å². The fourth-order valence-corrected chi connectivity index (χ4v) is 2.98. The molecule has 0 aliphatic carbocycles. The van der Waals surface area contributed by atoms with Gasteiger partial charge >= 0.3 is 0 Å². The smallest absolute Gasteiger partial charge is 0.273 e. The Morgan fingerprint density at radius 2 is 2.38 bits per heavy atom. The van der Waals surface area contributed by atoms with Gasteiger partial charge < -0.3 is 14.6 Å². The Morgan fingerprint density at radius 3 is 3.10 bits per heavy atom. The number of hydrogen-bond acceptors (Lipinski definition) is 4. The Bertz CT molecular complexity index is 456. The number of piperidine rings is 1. The second-order valence-electron chi connectivity index (χ2n) is 6.17. The summed E-state index contributed by atoms with van der Waals surface area (Å²) in [5.41, 5.74) is 0.434. The van der Waals surface area contributed by atoms with Gasteiger partial charge in [0, 0.05) is 19.0 Å². The maximum atomic E-state index is 12.1. The SMILES string of the molecule is CCN1CCCC(CCNC(=O)c2ncoc2C(C)C)C1. The lowest BCUT2D eigenvalue weighted by atomic mass is 9.95. The van der Waals surface area contributed by atoms with E-state index in [2.05, 4.69) is 22.1 Å². The van der Waals surface area contributed by atoms with Crippen LogP contribution in [0.4, 0.5) is 0 Å². The third kappa shape index (κ3) is 4.30. The molecule has 0 radical (unpaired) electrons. The lowest BCUT2D eigenvalue weighted by Crippen LogP contribution is -2.37. The number of nitrogens with one attached hydrogen (secondary N) is 1. The van der Waals surface area contributed by atoms with Crippen molar-refractivity contribution >= 4 is 5.91 Å². The van der Waals surface area contributed by atoms with Crippen LogP contribution in [0.3, 0.4) is 0 Å². The molecule has 2 heterocycles. The zero-order valence-corrected chi connectivity index (χ0v) is 13.4. The van der Waals surface area contributed by atoms with Gasteiger partial charge in [-0.2, -0.15) is 0 Å². The molecule has 1 amide bonds. The van der Waals surface area contributed by atoms with Crippen molar-refractivity contribution in [3.63, 3.8) is 0 Å². The number of aromatic nitrogens is 1. The summed E-state index contributed by atoms with van der Waals surface area (Å²) < 4.78 is 5.29. The fraction of sp³-hybridized carbons (Fsp3) is 0.750. The van der Waals surface area contributed by atoms with E-state index >= 15 is 0 Å². The van der Waals surface area contributed by atoms with Gasteiger partial charge in [0.05, 0.1) is 0 Å². The third-order valence-electron chi connectivity index (χ3n) is 4.22. The summed E-state index contributed by atoms with van der Waals surface area (Å²) in [6.45, 7) is 10.4. The van der Waals surface area contributed by atoms with Crippen molar-refractivity contribution in [2.24, 2.45) is 5.92 Å². The molecule has 0 spiro atoms. The predicted molar refractivity (Wildman–Crippen MR) is 82.4 cm³/mol. The van der Waals surface area contributed by atoms with Gasteiger partial charge in [-0.15, -0.1) is 0 Å². The van der Waals surface area contributed by atoms with Crippen molar-refractivity contribution < 1.29 is 9.21 Å². The van der Waals surface area contributed by atoms with Crippen molar-refractivity contribution in [2.45, 2.75) is 46.0 Å². The quantitative estimate of drug-likeness (QED) is 0.876. The first-order valence-corrected chi connectivity index (χ1v) is 8.05. The molecule has 1 aliphatic heterocycles. The van der Waals surface area contributed by atoms with Crippen LogP contribution in [0, 0.1) is 5.92 Å². The fourth-order valence-electron chi connectivity index (χ4n) is 2.98. The molecule has 2 rings (SSSR count). The maximum Gasteiger partial charge on any atom is 0.273 e. The Morgan fingerprint density at radius 1 is 1.57 bits per heavy atom. The van der Waals surface area contributed by atoms with E-state index in [9.17, 15) is 4.79 Å². The van der Waals surface area contributed by atoms with Crippen molar-refractivity contribution in [1.82, 2.24) is 15.2 Å². The molecule has 1 aromatic rings. The Kier molecular flexibility index (Phi) is 5.79. The molecule has 1 unspecified atom stereocenters. The van der Waals surface area contributed by atoms with Crippen LogP contribution in [-0.4, -0.2) is 42.0 Å². The van der Waals surface area contributed by atoms with E-state index in [4.69, 9.17) is 4.42 Å². The number of nitrogens with zero attached hydrogens (tertiary/aromatic N) is 2. The van der Waals surface area contributed by atoms with Crippen LogP contribution >= 0.6 is 0 Å². The first-order valence-electron chi connectivity index (χ1n) is 8.05. The monoisotopic (exact) mass is 293 g/mol. The van der Waals surface area contributed by atoms with Gasteiger partial charge in [-0.05, 0) is 38.3 Å². The van der Waals surface area contributed by atoms with Crippen LogP contribution in [0.15, 0.2) is 10.8 Å². The minimum Gasteiger partial charge on any atom is -0.447 e. The standard InChI is InChI=1S/C16H27N3O2/c1-4-19-9-5-6-13(10-19)7-8-17-16(20)14-15(12(2)3)21-11-18-14/h11-13H,4-10H2,1-3H3,(H,17,20). The molecule has 5 heteroatoms. The van der Waals surface area contributed by atoms with Crippen LogP contribution in [-0.2, 0) is 0 Å². The minimum absolute atomic E-state index is 0.115. The van der Waals surface area contributed by atoms with Crippen molar-refractivity contribution in [2.75, 3.05) is 26.2 Å². The average molecular weight is 293 g/mol. The predicted octanol–water partition coefficient (Wildman–Crippen LogP) is 2.65. The van der Waals surface area contributed by atoms with Crippen molar-refractivity contribution in [3.05, 3.63) is 17.8 Å². The van der Waals surface area contributed by atoms with Gasteiger partial charge in [0.2, 0.25) is 0 Å². The summed E-state index contributed by atoms with van der Waals surface area (Å²) in [4.78, 5) is 18.7. The number of likely N-dealkylation sites (tertiary alicyclic amines) is 1. The number of rotatable bonds is 6. The maximum absolute atomic E-state index is 12.1. The van der Waals surface area contributed by atoms with E-state index in [0.29, 0.717) is 23.9 Å². The van der Waals surface area contributed by atoms with Crippen LogP contribution in [0.25, 0.3) is 0 Å². The molecular formula is C16H27N3O2. The largest absolute Gasteiger partial charge is 0.447 e. The summed E-state index contributed by atoms with van der Waals surface area (Å²) in [5, 5.41) is 2.98. The molecule has 1 atom stereocenters. The molecule has 1 aliphatic rings. The highest BCUT2D eigenvalue weighted by atomic mass is 16.3. The first kappa shape index (κ1) is 16.0. The van der Waals surface area contributed by atoms with Gasteiger partial charge in [0.1, 0.15) is 5.76 Å². The van der Waals surface area contributed by atoms with Crippen LogP contribution in [0.5, 0.6) is 0 Å². The van der Waals surface area contributed by atoms with Gasteiger partial charge in [0.15, 0.2) is 12.1 Å². The van der Waals surface area contributed by atoms with Gasteiger partial charge in [-0.1, -0.05) is 20.8 Å². The van der Waals surface area contributed by atoms with E-state index in [1.807, 2.05) is 13.8 Å². The van der Waals surface area contributed by atoms with E-state index in [-0.39, 0.29) is 11.8 Å². The van der Waals surface area contributed by atoms with Gasteiger partial charge in [0.25, 0.3) is 5.91 Å². The number of carbonyl (C=O) groups excluding carboxylic acids is 1. The Hall–Kier alpha value is -1.36. The summed E-state index contributed by atoms with van der Waals surface area (Å²) in [7, 11) is 0. The van der Waals surface area contributed by atoms with E-state index < -0.39 is 0 Å². The van der Waals surface area contributed by atoms with Crippen molar-refractivity contribution in [1.29, 1.82) is 0 Å². The molecule has 5 nitrogen and oxygen atoms in total. The van der Waals surface area contributed by atoms with E-state index in [1.165, 1.54) is 25.8 Å².